The highest BCUT2D eigenvalue weighted by molar-refractivity contribution is 5.66. The molecule has 0 aliphatic carbocycles. The number of hydrogen-bond acceptors (Lipinski definition) is 8. The van der Waals surface area contributed by atoms with Gasteiger partial charge in [-0.05, 0) is 25.1 Å². The standard InChI is InChI=1S/C19H16F2N6O2/c1-11-26-17(28-10-16(20)21)5-18(27-11)29-15-4-12(6-22)2-3-14(15)19-24-8-13(7-23)9-25-19/h2-5,8-9,16H,7,10,23H2,1H3. The topological polar surface area (TPSA) is 120 Å². The highest BCUT2D eigenvalue weighted by Gasteiger charge is 2.14. The molecule has 2 heterocycles. The first kappa shape index (κ1) is 20.0. The van der Waals surface area contributed by atoms with Crippen LogP contribution >= 0.6 is 0 Å². The average Bonchev–Trinajstić information content (AvgIpc) is 2.72. The Morgan fingerprint density at radius 3 is 2.52 bits per heavy atom. The summed E-state index contributed by atoms with van der Waals surface area (Å²) in [6.07, 6.45) is 0.549. The molecule has 0 fully saturated rings. The third kappa shape index (κ3) is 5.18. The van der Waals surface area contributed by atoms with Gasteiger partial charge < -0.3 is 15.2 Å². The van der Waals surface area contributed by atoms with Crippen molar-refractivity contribution in [3.05, 3.63) is 53.6 Å². The van der Waals surface area contributed by atoms with Crippen LogP contribution in [0, 0.1) is 18.3 Å². The van der Waals surface area contributed by atoms with Crippen molar-refractivity contribution in [2.75, 3.05) is 6.61 Å². The van der Waals surface area contributed by atoms with Crippen LogP contribution in [-0.2, 0) is 6.54 Å². The molecule has 0 aliphatic heterocycles. The summed E-state index contributed by atoms with van der Waals surface area (Å²) in [5.41, 5.74) is 7.19. The molecular formula is C19H16F2N6O2. The first-order valence-electron chi connectivity index (χ1n) is 8.48. The van der Waals surface area contributed by atoms with Crippen molar-refractivity contribution < 1.29 is 18.3 Å². The van der Waals surface area contributed by atoms with E-state index in [1.807, 2.05) is 6.07 Å². The summed E-state index contributed by atoms with van der Waals surface area (Å²) in [5, 5.41) is 9.20. The maximum Gasteiger partial charge on any atom is 0.272 e. The summed E-state index contributed by atoms with van der Waals surface area (Å²) in [5.74, 6) is 0.920. The molecule has 0 unspecified atom stereocenters. The van der Waals surface area contributed by atoms with Crippen LogP contribution in [0.4, 0.5) is 8.78 Å². The fraction of sp³-hybridized carbons (Fsp3) is 0.211. The van der Waals surface area contributed by atoms with E-state index in [2.05, 4.69) is 19.9 Å². The van der Waals surface area contributed by atoms with E-state index in [1.54, 1.807) is 31.5 Å². The molecule has 0 bridgehead atoms. The van der Waals surface area contributed by atoms with Crippen LogP contribution in [0.5, 0.6) is 17.5 Å². The molecule has 2 aromatic heterocycles. The molecule has 1 aromatic carbocycles. The van der Waals surface area contributed by atoms with Crippen molar-refractivity contribution in [3.63, 3.8) is 0 Å². The smallest absolute Gasteiger partial charge is 0.272 e. The van der Waals surface area contributed by atoms with Gasteiger partial charge in [0.25, 0.3) is 6.43 Å². The minimum atomic E-state index is -2.64. The molecule has 148 valence electrons. The predicted octanol–water partition coefficient (Wildman–Crippen LogP) is 3.01. The van der Waals surface area contributed by atoms with Crippen LogP contribution in [0.3, 0.4) is 0 Å². The molecule has 3 aromatic rings. The molecule has 0 amide bonds. The van der Waals surface area contributed by atoms with E-state index in [1.165, 1.54) is 12.1 Å². The molecule has 0 saturated heterocycles. The molecular weight excluding hydrogens is 382 g/mol. The van der Waals surface area contributed by atoms with Crippen molar-refractivity contribution >= 4 is 0 Å². The van der Waals surface area contributed by atoms with Crippen LogP contribution in [0.1, 0.15) is 17.0 Å². The molecule has 8 nitrogen and oxygen atoms in total. The maximum absolute atomic E-state index is 12.4. The summed E-state index contributed by atoms with van der Waals surface area (Å²) in [6.45, 7) is 1.08. The van der Waals surface area contributed by atoms with Crippen LogP contribution in [0.2, 0.25) is 0 Å². The first-order chi connectivity index (χ1) is 14.0. The van der Waals surface area contributed by atoms with E-state index < -0.39 is 13.0 Å². The zero-order valence-electron chi connectivity index (χ0n) is 15.3. The lowest BCUT2D eigenvalue weighted by Crippen LogP contribution is -2.09. The lowest BCUT2D eigenvalue weighted by atomic mass is 10.1. The van der Waals surface area contributed by atoms with Crippen LogP contribution < -0.4 is 15.2 Å². The van der Waals surface area contributed by atoms with Gasteiger partial charge in [-0.3, -0.25) is 0 Å². The normalized spacial score (nSPS) is 10.6. The molecule has 0 saturated carbocycles. The highest BCUT2D eigenvalue weighted by Crippen LogP contribution is 2.32. The Hall–Kier alpha value is -3.71. The Morgan fingerprint density at radius 2 is 1.86 bits per heavy atom. The Labute approximate surface area is 165 Å². The number of aromatic nitrogens is 4. The third-order valence-corrected chi connectivity index (χ3v) is 3.66. The first-order valence-corrected chi connectivity index (χ1v) is 8.48. The molecule has 29 heavy (non-hydrogen) atoms. The minimum Gasteiger partial charge on any atom is -0.471 e. The van der Waals surface area contributed by atoms with Crippen molar-refractivity contribution in [2.45, 2.75) is 19.9 Å². The number of alkyl halides is 2. The summed E-state index contributed by atoms with van der Waals surface area (Å²) in [4.78, 5) is 16.6. The number of nitrogens with zero attached hydrogens (tertiary/aromatic N) is 5. The lowest BCUT2D eigenvalue weighted by molar-refractivity contribution is 0.0792. The number of halogens is 2. The number of hydrogen-bond donors (Lipinski definition) is 1. The third-order valence-electron chi connectivity index (χ3n) is 3.66. The molecule has 10 heteroatoms. The molecule has 0 radical (unpaired) electrons. The largest absolute Gasteiger partial charge is 0.471 e. The van der Waals surface area contributed by atoms with Crippen molar-refractivity contribution in [1.82, 2.24) is 19.9 Å². The van der Waals surface area contributed by atoms with E-state index in [-0.39, 0.29) is 23.3 Å². The van der Waals surface area contributed by atoms with E-state index in [0.29, 0.717) is 23.5 Å². The van der Waals surface area contributed by atoms with Gasteiger partial charge in [-0.1, -0.05) is 0 Å². The van der Waals surface area contributed by atoms with Gasteiger partial charge in [-0.2, -0.15) is 15.2 Å². The Morgan fingerprint density at radius 1 is 1.14 bits per heavy atom. The van der Waals surface area contributed by atoms with Gasteiger partial charge in [0.15, 0.2) is 12.4 Å². The summed E-state index contributed by atoms with van der Waals surface area (Å²) >= 11 is 0. The summed E-state index contributed by atoms with van der Waals surface area (Å²) in [6, 6.07) is 8.07. The van der Waals surface area contributed by atoms with Gasteiger partial charge in [0.2, 0.25) is 11.8 Å². The van der Waals surface area contributed by atoms with Gasteiger partial charge in [-0.25, -0.2) is 18.7 Å². The van der Waals surface area contributed by atoms with Crippen molar-refractivity contribution in [2.24, 2.45) is 5.73 Å². The van der Waals surface area contributed by atoms with E-state index in [0.717, 1.165) is 5.56 Å². The molecule has 0 aliphatic rings. The zero-order valence-corrected chi connectivity index (χ0v) is 15.3. The fourth-order valence-corrected chi connectivity index (χ4v) is 2.36. The molecule has 0 spiro atoms. The van der Waals surface area contributed by atoms with E-state index in [4.69, 9.17) is 15.2 Å². The number of benzene rings is 1. The monoisotopic (exact) mass is 398 g/mol. The van der Waals surface area contributed by atoms with E-state index >= 15 is 0 Å². The number of aryl methyl sites for hydroxylation is 1. The average molecular weight is 398 g/mol. The Kier molecular flexibility index (Phi) is 6.21. The zero-order chi connectivity index (χ0) is 20.8. The maximum atomic E-state index is 12.4. The van der Waals surface area contributed by atoms with Crippen LogP contribution in [0.15, 0.2) is 36.7 Å². The van der Waals surface area contributed by atoms with Gasteiger partial charge in [-0.15, -0.1) is 0 Å². The van der Waals surface area contributed by atoms with Gasteiger partial charge in [0.05, 0.1) is 23.3 Å². The second kappa shape index (κ2) is 8.99. The fourth-order valence-electron chi connectivity index (χ4n) is 2.36. The molecule has 0 atom stereocenters. The molecule has 3 rings (SSSR count). The van der Waals surface area contributed by atoms with Crippen LogP contribution in [-0.4, -0.2) is 33.0 Å². The Balaban J connectivity index is 1.96. The second-order valence-corrected chi connectivity index (χ2v) is 5.84. The SMILES string of the molecule is Cc1nc(OCC(F)F)cc(Oc2cc(C#N)ccc2-c2ncc(CN)cn2)n1. The van der Waals surface area contributed by atoms with E-state index in [9.17, 15) is 14.0 Å². The number of nitriles is 1. The highest BCUT2D eigenvalue weighted by atomic mass is 19.3. The predicted molar refractivity (Wildman–Crippen MR) is 98.4 cm³/mol. The minimum absolute atomic E-state index is 0.0469. The number of rotatable bonds is 7. The van der Waals surface area contributed by atoms with Gasteiger partial charge >= 0.3 is 0 Å². The van der Waals surface area contributed by atoms with Crippen molar-refractivity contribution in [3.8, 4) is 35.0 Å². The Bertz CT molecular complexity index is 1040. The summed E-state index contributed by atoms with van der Waals surface area (Å²) in [7, 11) is 0. The van der Waals surface area contributed by atoms with Crippen molar-refractivity contribution in [1.29, 1.82) is 5.26 Å². The summed E-state index contributed by atoms with van der Waals surface area (Å²) < 4.78 is 35.5. The van der Waals surface area contributed by atoms with Crippen LogP contribution in [0.25, 0.3) is 11.4 Å². The number of nitrogens with two attached hydrogens (primary N) is 1. The number of ether oxygens (including phenoxy) is 2. The van der Waals surface area contributed by atoms with Gasteiger partial charge in [0.1, 0.15) is 11.6 Å². The van der Waals surface area contributed by atoms with Gasteiger partial charge in [0, 0.05) is 24.5 Å². The lowest BCUT2D eigenvalue weighted by Gasteiger charge is -2.12. The second-order valence-electron chi connectivity index (χ2n) is 5.84. The quantitative estimate of drug-likeness (QED) is 0.645. The molecule has 2 N–H and O–H groups in total.